The lowest BCUT2D eigenvalue weighted by Crippen LogP contribution is -2.14. The molecule has 29 heavy (non-hydrogen) atoms. The van der Waals surface area contributed by atoms with Crippen LogP contribution in [0.5, 0.6) is 5.75 Å². The third-order valence-corrected chi connectivity index (χ3v) is 5.11. The quantitative estimate of drug-likeness (QED) is 0.520. The number of ether oxygens (including phenoxy) is 1. The van der Waals surface area contributed by atoms with Crippen molar-refractivity contribution < 1.29 is 13.9 Å². The Morgan fingerprint density at radius 2 is 2.03 bits per heavy atom. The lowest BCUT2D eigenvalue weighted by molar-refractivity contribution is 0.102. The zero-order valence-electron chi connectivity index (χ0n) is 15.4. The summed E-state index contributed by atoms with van der Waals surface area (Å²) in [6.45, 7) is 1.96. The van der Waals surface area contributed by atoms with Crippen molar-refractivity contribution >= 4 is 22.9 Å². The van der Waals surface area contributed by atoms with E-state index < -0.39 is 0 Å². The van der Waals surface area contributed by atoms with Crippen LogP contribution in [0.4, 0.5) is 10.1 Å². The van der Waals surface area contributed by atoms with Gasteiger partial charge in [0.05, 0.1) is 11.4 Å². The number of anilines is 1. The molecule has 0 aliphatic carbocycles. The average molecular weight is 409 g/mol. The van der Waals surface area contributed by atoms with Crippen LogP contribution in [0.1, 0.15) is 20.4 Å². The predicted molar refractivity (Wildman–Crippen MR) is 107 cm³/mol. The number of aryl methyl sites for hydroxylation is 1. The van der Waals surface area contributed by atoms with E-state index in [2.05, 4.69) is 20.4 Å². The Kier molecular flexibility index (Phi) is 5.30. The molecular formula is C20H16FN5O2S. The summed E-state index contributed by atoms with van der Waals surface area (Å²) in [7, 11) is 0. The van der Waals surface area contributed by atoms with Gasteiger partial charge < -0.3 is 10.1 Å². The van der Waals surface area contributed by atoms with Gasteiger partial charge in [0.15, 0.2) is 5.82 Å². The van der Waals surface area contributed by atoms with E-state index in [4.69, 9.17) is 4.74 Å². The largest absolute Gasteiger partial charge is 0.486 e. The minimum atomic E-state index is -0.328. The number of nitrogens with zero attached hydrogens (tertiary/aromatic N) is 4. The number of hydrogen-bond acceptors (Lipinski definition) is 6. The molecule has 1 N–H and O–H groups in total. The first-order valence-electron chi connectivity index (χ1n) is 8.71. The van der Waals surface area contributed by atoms with Crippen molar-refractivity contribution in [1.29, 1.82) is 0 Å². The van der Waals surface area contributed by atoms with E-state index in [0.717, 1.165) is 0 Å². The molecule has 146 valence electrons. The van der Waals surface area contributed by atoms with Crippen LogP contribution in [0, 0.1) is 12.7 Å². The summed E-state index contributed by atoms with van der Waals surface area (Å²) < 4.78 is 20.2. The van der Waals surface area contributed by atoms with Crippen molar-refractivity contribution in [2.24, 2.45) is 0 Å². The molecule has 3 aromatic heterocycles. The molecule has 9 heteroatoms. The Balaban J connectivity index is 1.48. The van der Waals surface area contributed by atoms with E-state index in [1.54, 1.807) is 60.5 Å². The zero-order chi connectivity index (χ0) is 20.2. The van der Waals surface area contributed by atoms with Crippen LogP contribution in [0.2, 0.25) is 0 Å². The highest BCUT2D eigenvalue weighted by Gasteiger charge is 2.18. The number of aromatic nitrogens is 4. The monoisotopic (exact) mass is 409 g/mol. The average Bonchev–Trinajstić information content (AvgIpc) is 3.38. The third-order valence-electron chi connectivity index (χ3n) is 3.98. The molecule has 0 bridgehead atoms. The molecule has 3 heterocycles. The molecule has 0 saturated carbocycles. The molecular weight excluding hydrogens is 393 g/mol. The fourth-order valence-electron chi connectivity index (χ4n) is 2.65. The number of halogens is 1. The van der Waals surface area contributed by atoms with Crippen LogP contribution in [-0.4, -0.2) is 25.7 Å². The molecule has 0 saturated heterocycles. The molecule has 1 amide bonds. The van der Waals surface area contributed by atoms with Gasteiger partial charge in [-0.2, -0.15) is 5.10 Å². The Labute approximate surface area is 169 Å². The second kappa shape index (κ2) is 8.19. The number of hydrogen-bond donors (Lipinski definition) is 1. The minimum Gasteiger partial charge on any atom is -0.486 e. The summed E-state index contributed by atoms with van der Waals surface area (Å²) in [5.41, 5.74) is 1.15. The molecule has 4 rings (SSSR count). The molecule has 1 aromatic carbocycles. The lowest BCUT2D eigenvalue weighted by atomic mass is 10.3. The van der Waals surface area contributed by atoms with Gasteiger partial charge in [-0.25, -0.2) is 19.0 Å². The smallest absolute Gasteiger partial charge is 0.267 e. The van der Waals surface area contributed by atoms with Crippen LogP contribution in [-0.2, 0) is 6.61 Å². The first-order chi connectivity index (χ1) is 14.1. The SMILES string of the molecule is Cc1nc(COc2ccc(F)cc2)sc1C(=O)Nc1cccnc1-n1cccn1. The van der Waals surface area contributed by atoms with Gasteiger partial charge in [-0.05, 0) is 49.4 Å². The number of thiazole rings is 1. The van der Waals surface area contributed by atoms with Crippen LogP contribution >= 0.6 is 11.3 Å². The number of rotatable bonds is 6. The van der Waals surface area contributed by atoms with Crippen LogP contribution < -0.4 is 10.1 Å². The maximum absolute atomic E-state index is 13.0. The van der Waals surface area contributed by atoms with Gasteiger partial charge in [0.1, 0.15) is 28.1 Å². The van der Waals surface area contributed by atoms with E-state index in [-0.39, 0.29) is 18.3 Å². The Bertz CT molecular complexity index is 1130. The number of carbonyl (C=O) groups excluding carboxylic acids is 1. The van der Waals surface area contributed by atoms with E-state index in [0.29, 0.717) is 32.8 Å². The number of carbonyl (C=O) groups is 1. The maximum atomic E-state index is 13.0. The lowest BCUT2D eigenvalue weighted by Gasteiger charge is -2.09. The first-order valence-corrected chi connectivity index (χ1v) is 9.53. The summed E-state index contributed by atoms with van der Waals surface area (Å²) in [6.07, 6.45) is 5.03. The van der Waals surface area contributed by atoms with E-state index in [1.807, 2.05) is 0 Å². The highest BCUT2D eigenvalue weighted by atomic mass is 32.1. The van der Waals surface area contributed by atoms with Crippen molar-refractivity contribution in [2.45, 2.75) is 13.5 Å². The van der Waals surface area contributed by atoms with Gasteiger partial charge in [-0.3, -0.25) is 4.79 Å². The van der Waals surface area contributed by atoms with Crippen molar-refractivity contribution in [2.75, 3.05) is 5.32 Å². The maximum Gasteiger partial charge on any atom is 0.267 e. The number of pyridine rings is 1. The third kappa shape index (κ3) is 4.30. The minimum absolute atomic E-state index is 0.190. The van der Waals surface area contributed by atoms with E-state index >= 15 is 0 Å². The van der Waals surface area contributed by atoms with Gasteiger partial charge in [-0.15, -0.1) is 11.3 Å². The second-order valence-corrected chi connectivity index (χ2v) is 7.13. The molecule has 0 atom stereocenters. The fraction of sp³-hybridized carbons (Fsp3) is 0.100. The molecule has 0 fully saturated rings. The highest BCUT2D eigenvalue weighted by molar-refractivity contribution is 7.13. The van der Waals surface area contributed by atoms with Crippen molar-refractivity contribution in [3.8, 4) is 11.6 Å². The molecule has 0 aliphatic rings. The number of amides is 1. The zero-order valence-corrected chi connectivity index (χ0v) is 16.2. The van der Waals surface area contributed by atoms with Crippen LogP contribution in [0.25, 0.3) is 5.82 Å². The van der Waals surface area contributed by atoms with Crippen LogP contribution in [0.15, 0.2) is 61.1 Å². The topological polar surface area (TPSA) is 81.9 Å². The Hall–Kier alpha value is -3.59. The van der Waals surface area contributed by atoms with E-state index in [1.165, 1.54) is 23.5 Å². The molecule has 0 aliphatic heterocycles. The summed E-state index contributed by atoms with van der Waals surface area (Å²) >= 11 is 1.25. The Morgan fingerprint density at radius 1 is 1.21 bits per heavy atom. The number of nitrogens with one attached hydrogen (secondary N) is 1. The van der Waals surface area contributed by atoms with Gasteiger partial charge >= 0.3 is 0 Å². The molecule has 7 nitrogen and oxygen atoms in total. The predicted octanol–water partition coefficient (Wildman–Crippen LogP) is 4.00. The van der Waals surface area contributed by atoms with Gasteiger partial charge in [-0.1, -0.05) is 0 Å². The second-order valence-electron chi connectivity index (χ2n) is 6.04. The molecule has 0 spiro atoms. The fourth-order valence-corrected chi connectivity index (χ4v) is 3.52. The summed E-state index contributed by atoms with van der Waals surface area (Å²) in [6, 6.07) is 11.0. The Morgan fingerprint density at radius 3 is 2.79 bits per heavy atom. The van der Waals surface area contributed by atoms with Gasteiger partial charge in [0.2, 0.25) is 0 Å². The van der Waals surface area contributed by atoms with Crippen LogP contribution in [0.3, 0.4) is 0 Å². The van der Waals surface area contributed by atoms with Crippen molar-refractivity contribution in [3.63, 3.8) is 0 Å². The van der Waals surface area contributed by atoms with Gasteiger partial charge in [0.25, 0.3) is 5.91 Å². The summed E-state index contributed by atoms with van der Waals surface area (Å²) in [4.78, 5) is 22.0. The number of benzene rings is 1. The summed E-state index contributed by atoms with van der Waals surface area (Å²) in [5, 5.41) is 7.68. The molecule has 0 radical (unpaired) electrons. The standard InChI is InChI=1S/C20H16FN5O2S/c1-13-18(29-17(24-13)12-28-15-7-5-14(21)6-8-15)20(27)25-16-4-2-9-22-19(16)26-11-3-10-23-26/h2-11H,12H2,1H3,(H,25,27). The molecule has 0 unspecified atom stereocenters. The highest BCUT2D eigenvalue weighted by Crippen LogP contribution is 2.23. The van der Waals surface area contributed by atoms with Crippen molar-refractivity contribution in [3.05, 3.63) is 82.5 Å². The molecule has 4 aromatic rings. The summed E-state index contributed by atoms with van der Waals surface area (Å²) in [5.74, 6) is 0.443. The van der Waals surface area contributed by atoms with Gasteiger partial charge in [0, 0.05) is 18.6 Å². The van der Waals surface area contributed by atoms with Crippen molar-refractivity contribution in [1.82, 2.24) is 19.7 Å². The first kappa shape index (κ1) is 18.8. The van der Waals surface area contributed by atoms with E-state index in [9.17, 15) is 9.18 Å². The normalized spacial score (nSPS) is 10.7.